The van der Waals surface area contributed by atoms with Crippen LogP contribution >= 0.6 is 0 Å². The fourth-order valence-electron chi connectivity index (χ4n) is 1.46. The summed E-state index contributed by atoms with van der Waals surface area (Å²) in [6.07, 6.45) is 1.05. The van der Waals surface area contributed by atoms with E-state index in [-0.39, 0.29) is 0 Å². The molecule has 3 heteroatoms. The first-order chi connectivity index (χ1) is 7.65. The number of benzene rings is 1. The van der Waals surface area contributed by atoms with Crippen LogP contribution in [0.15, 0.2) is 30.3 Å². The molecule has 2 N–H and O–H groups in total. The number of hydrogen-bond donors (Lipinski definition) is 2. The predicted octanol–water partition coefficient (Wildman–Crippen LogP) is 2.45. The molecule has 0 saturated carbocycles. The highest BCUT2D eigenvalue weighted by molar-refractivity contribution is 5.75. The van der Waals surface area contributed by atoms with Gasteiger partial charge in [-0.15, -0.1) is 0 Å². The first-order valence-electron chi connectivity index (χ1n) is 5.66. The first kappa shape index (κ1) is 12.7. The van der Waals surface area contributed by atoms with Crippen LogP contribution in [0.1, 0.15) is 31.9 Å². The summed E-state index contributed by atoms with van der Waals surface area (Å²) in [5.74, 6) is -0.333. The number of rotatable bonds is 6. The average Bonchev–Trinajstić information content (AvgIpc) is 2.30. The molecule has 1 aromatic rings. The lowest BCUT2D eigenvalue weighted by Crippen LogP contribution is -2.31. The van der Waals surface area contributed by atoms with E-state index in [1.165, 1.54) is 0 Å². The summed E-state index contributed by atoms with van der Waals surface area (Å²) in [4.78, 5) is 11.1. The second kappa shape index (κ2) is 6.28. The molecular weight excluding hydrogens is 202 g/mol. The molecule has 3 nitrogen and oxygen atoms in total. The standard InChI is InChI=1S/C13H19NO2/c1-3-10(2)9-14-12(13(15)16)11-7-5-4-6-8-11/h4-8,10,12,14H,3,9H2,1-2H3,(H,15,16)/t10?,12-/m0/s1. The maximum atomic E-state index is 11.1. The number of carboxylic acids is 1. The molecule has 16 heavy (non-hydrogen) atoms. The molecule has 0 aliphatic carbocycles. The van der Waals surface area contributed by atoms with Gasteiger partial charge in [-0.1, -0.05) is 50.6 Å². The Hall–Kier alpha value is -1.35. The summed E-state index contributed by atoms with van der Waals surface area (Å²) in [6.45, 7) is 4.93. The van der Waals surface area contributed by atoms with Gasteiger partial charge in [-0.25, -0.2) is 0 Å². The van der Waals surface area contributed by atoms with Gasteiger partial charge in [0.15, 0.2) is 0 Å². The highest BCUT2D eigenvalue weighted by Crippen LogP contribution is 2.13. The van der Waals surface area contributed by atoms with Crippen LogP contribution in [-0.2, 0) is 4.79 Å². The summed E-state index contributed by atoms with van der Waals surface area (Å²) in [7, 11) is 0. The molecule has 0 aliphatic heterocycles. The SMILES string of the molecule is CCC(C)CN[C@H](C(=O)O)c1ccccc1. The van der Waals surface area contributed by atoms with Crippen molar-refractivity contribution in [3.63, 3.8) is 0 Å². The number of carbonyl (C=O) groups is 1. The lowest BCUT2D eigenvalue weighted by Gasteiger charge is -2.17. The van der Waals surface area contributed by atoms with Crippen molar-refractivity contribution in [1.29, 1.82) is 0 Å². The van der Waals surface area contributed by atoms with E-state index in [4.69, 9.17) is 5.11 Å². The Morgan fingerprint density at radius 1 is 1.38 bits per heavy atom. The van der Waals surface area contributed by atoms with Gasteiger partial charge in [-0.05, 0) is 18.0 Å². The molecular formula is C13H19NO2. The molecule has 0 saturated heterocycles. The highest BCUT2D eigenvalue weighted by Gasteiger charge is 2.18. The van der Waals surface area contributed by atoms with E-state index in [9.17, 15) is 4.79 Å². The van der Waals surface area contributed by atoms with Crippen LogP contribution in [-0.4, -0.2) is 17.6 Å². The van der Waals surface area contributed by atoms with E-state index in [1.807, 2.05) is 30.3 Å². The first-order valence-corrected chi connectivity index (χ1v) is 5.66. The molecule has 1 rings (SSSR count). The van der Waals surface area contributed by atoms with Crippen molar-refractivity contribution in [3.05, 3.63) is 35.9 Å². The minimum Gasteiger partial charge on any atom is -0.480 e. The monoisotopic (exact) mass is 221 g/mol. The van der Waals surface area contributed by atoms with E-state index in [2.05, 4.69) is 19.2 Å². The molecule has 88 valence electrons. The third-order valence-corrected chi connectivity index (χ3v) is 2.75. The van der Waals surface area contributed by atoms with Gasteiger partial charge in [0.1, 0.15) is 6.04 Å². The minimum absolute atomic E-state index is 0.491. The molecule has 1 aromatic carbocycles. The van der Waals surface area contributed by atoms with Crippen molar-refractivity contribution in [2.45, 2.75) is 26.3 Å². The molecule has 0 amide bonds. The van der Waals surface area contributed by atoms with Crippen LogP contribution < -0.4 is 5.32 Å². The van der Waals surface area contributed by atoms with Crippen LogP contribution in [0.5, 0.6) is 0 Å². The Bertz CT molecular complexity index is 324. The summed E-state index contributed by atoms with van der Waals surface area (Å²) in [5, 5.41) is 12.2. The maximum absolute atomic E-state index is 11.1. The number of nitrogens with one attached hydrogen (secondary N) is 1. The van der Waals surface area contributed by atoms with Crippen molar-refractivity contribution in [2.24, 2.45) is 5.92 Å². The van der Waals surface area contributed by atoms with E-state index >= 15 is 0 Å². The Morgan fingerprint density at radius 3 is 2.50 bits per heavy atom. The lowest BCUT2D eigenvalue weighted by atomic mass is 10.1. The largest absolute Gasteiger partial charge is 0.480 e. The van der Waals surface area contributed by atoms with Gasteiger partial charge < -0.3 is 10.4 Å². The van der Waals surface area contributed by atoms with Crippen molar-refractivity contribution in [1.82, 2.24) is 5.32 Å². The van der Waals surface area contributed by atoms with Crippen LogP contribution in [0.25, 0.3) is 0 Å². The Kier molecular flexibility index (Phi) is 4.99. The van der Waals surface area contributed by atoms with Crippen molar-refractivity contribution < 1.29 is 9.90 Å². The van der Waals surface area contributed by atoms with Gasteiger partial charge in [0, 0.05) is 0 Å². The normalized spacial score (nSPS) is 14.4. The molecule has 0 aliphatic rings. The second-order valence-corrected chi connectivity index (χ2v) is 4.10. The smallest absolute Gasteiger partial charge is 0.325 e. The quantitative estimate of drug-likeness (QED) is 0.775. The van der Waals surface area contributed by atoms with Crippen LogP contribution in [0.2, 0.25) is 0 Å². The van der Waals surface area contributed by atoms with Gasteiger partial charge in [-0.2, -0.15) is 0 Å². The number of aliphatic carboxylic acids is 1. The minimum atomic E-state index is -0.825. The van der Waals surface area contributed by atoms with Gasteiger partial charge >= 0.3 is 5.97 Å². The van der Waals surface area contributed by atoms with Crippen LogP contribution in [0, 0.1) is 5.92 Å². The van der Waals surface area contributed by atoms with Gasteiger partial charge in [0.2, 0.25) is 0 Å². The number of hydrogen-bond acceptors (Lipinski definition) is 2. The zero-order chi connectivity index (χ0) is 12.0. The molecule has 1 unspecified atom stereocenters. The fourth-order valence-corrected chi connectivity index (χ4v) is 1.46. The highest BCUT2D eigenvalue weighted by atomic mass is 16.4. The summed E-state index contributed by atoms with van der Waals surface area (Å²) < 4.78 is 0. The Morgan fingerprint density at radius 2 is 2.00 bits per heavy atom. The zero-order valence-electron chi connectivity index (χ0n) is 9.81. The van der Waals surface area contributed by atoms with Crippen molar-refractivity contribution >= 4 is 5.97 Å². The Labute approximate surface area is 96.5 Å². The maximum Gasteiger partial charge on any atom is 0.325 e. The third-order valence-electron chi connectivity index (χ3n) is 2.75. The van der Waals surface area contributed by atoms with Crippen molar-refractivity contribution in [2.75, 3.05) is 6.54 Å². The molecule has 0 spiro atoms. The second-order valence-electron chi connectivity index (χ2n) is 4.10. The summed E-state index contributed by atoms with van der Waals surface area (Å²) in [6, 6.07) is 8.67. The molecule has 0 radical (unpaired) electrons. The summed E-state index contributed by atoms with van der Waals surface area (Å²) >= 11 is 0. The summed E-state index contributed by atoms with van der Waals surface area (Å²) in [5.41, 5.74) is 0.804. The topological polar surface area (TPSA) is 49.3 Å². The average molecular weight is 221 g/mol. The van der Waals surface area contributed by atoms with Crippen LogP contribution in [0.3, 0.4) is 0 Å². The van der Waals surface area contributed by atoms with Gasteiger partial charge in [-0.3, -0.25) is 4.79 Å². The van der Waals surface area contributed by atoms with E-state index in [0.29, 0.717) is 5.92 Å². The predicted molar refractivity (Wildman–Crippen MR) is 64.3 cm³/mol. The molecule has 0 aromatic heterocycles. The molecule has 0 heterocycles. The van der Waals surface area contributed by atoms with Crippen molar-refractivity contribution in [3.8, 4) is 0 Å². The van der Waals surface area contributed by atoms with E-state index in [1.54, 1.807) is 0 Å². The Balaban J connectivity index is 2.66. The third kappa shape index (κ3) is 3.66. The van der Waals surface area contributed by atoms with E-state index < -0.39 is 12.0 Å². The zero-order valence-corrected chi connectivity index (χ0v) is 9.81. The van der Waals surface area contributed by atoms with Gasteiger partial charge in [0.25, 0.3) is 0 Å². The van der Waals surface area contributed by atoms with E-state index in [0.717, 1.165) is 18.5 Å². The molecule has 0 fully saturated rings. The fraction of sp³-hybridized carbons (Fsp3) is 0.462. The molecule has 2 atom stereocenters. The van der Waals surface area contributed by atoms with Gasteiger partial charge in [0.05, 0.1) is 0 Å². The number of carboxylic acid groups (broad SMARTS) is 1. The molecule has 0 bridgehead atoms. The lowest BCUT2D eigenvalue weighted by molar-refractivity contribution is -0.139. The van der Waals surface area contributed by atoms with Crippen LogP contribution in [0.4, 0.5) is 0 Å².